The van der Waals surface area contributed by atoms with Crippen molar-refractivity contribution in [3.05, 3.63) is 23.9 Å². The molecule has 0 spiro atoms. The Kier molecular flexibility index (Phi) is 4.94. The number of aromatic nitrogens is 1. The summed E-state index contributed by atoms with van der Waals surface area (Å²) in [6.45, 7) is 6.95. The molecule has 0 unspecified atom stereocenters. The smallest absolute Gasteiger partial charge is 0.254 e. The third kappa shape index (κ3) is 3.73. The van der Waals surface area contributed by atoms with Gasteiger partial charge in [-0.2, -0.15) is 0 Å². The van der Waals surface area contributed by atoms with Gasteiger partial charge in [-0.25, -0.2) is 4.98 Å². The number of hydrogen-bond acceptors (Lipinski definition) is 3. The van der Waals surface area contributed by atoms with Crippen molar-refractivity contribution in [1.29, 1.82) is 0 Å². The molecule has 0 bridgehead atoms. The van der Waals surface area contributed by atoms with Crippen LogP contribution in [0.5, 0.6) is 0 Å². The molecular formula is C13H21N3O. The zero-order valence-electron chi connectivity index (χ0n) is 11.0. The lowest BCUT2D eigenvalue weighted by molar-refractivity contribution is 0.0755. The largest absolute Gasteiger partial charge is 0.370 e. The van der Waals surface area contributed by atoms with Gasteiger partial charge in [-0.15, -0.1) is 0 Å². The second kappa shape index (κ2) is 6.23. The standard InChI is InChI=1S/C13H21N3O/c1-5-7-14-12-9-11(6-8-15-12)13(17)16(4)10(2)3/h6,8-10H,5,7H2,1-4H3,(H,14,15). The fourth-order valence-electron chi connectivity index (χ4n) is 1.35. The number of pyridine rings is 1. The van der Waals surface area contributed by atoms with Crippen molar-refractivity contribution in [3.8, 4) is 0 Å². The van der Waals surface area contributed by atoms with Crippen LogP contribution < -0.4 is 5.32 Å². The summed E-state index contributed by atoms with van der Waals surface area (Å²) in [4.78, 5) is 18.0. The Morgan fingerprint density at radius 2 is 2.24 bits per heavy atom. The summed E-state index contributed by atoms with van der Waals surface area (Å²) in [7, 11) is 1.81. The highest BCUT2D eigenvalue weighted by atomic mass is 16.2. The maximum Gasteiger partial charge on any atom is 0.254 e. The fraction of sp³-hybridized carbons (Fsp3) is 0.538. The lowest BCUT2D eigenvalue weighted by Gasteiger charge is -2.21. The number of nitrogens with zero attached hydrogens (tertiary/aromatic N) is 2. The topological polar surface area (TPSA) is 45.2 Å². The van der Waals surface area contributed by atoms with Crippen LogP contribution in [0.15, 0.2) is 18.3 Å². The number of anilines is 1. The van der Waals surface area contributed by atoms with E-state index in [0.29, 0.717) is 5.56 Å². The minimum atomic E-state index is 0.0296. The van der Waals surface area contributed by atoms with Gasteiger partial charge in [-0.1, -0.05) is 6.92 Å². The number of carbonyl (C=O) groups excluding carboxylic acids is 1. The van der Waals surface area contributed by atoms with Crippen molar-refractivity contribution >= 4 is 11.7 Å². The van der Waals surface area contributed by atoms with Crippen LogP contribution in [-0.4, -0.2) is 35.4 Å². The SMILES string of the molecule is CCCNc1cc(C(=O)N(C)C(C)C)ccn1. The van der Waals surface area contributed by atoms with E-state index in [4.69, 9.17) is 0 Å². The number of carbonyl (C=O) groups is 1. The van der Waals surface area contributed by atoms with E-state index in [-0.39, 0.29) is 11.9 Å². The van der Waals surface area contributed by atoms with Gasteiger partial charge in [-0.05, 0) is 32.4 Å². The molecule has 0 saturated carbocycles. The molecule has 1 N–H and O–H groups in total. The molecule has 0 aromatic carbocycles. The summed E-state index contributed by atoms with van der Waals surface area (Å²) >= 11 is 0. The van der Waals surface area contributed by atoms with E-state index in [2.05, 4.69) is 17.2 Å². The Morgan fingerprint density at radius 3 is 2.82 bits per heavy atom. The van der Waals surface area contributed by atoms with Crippen molar-refractivity contribution in [1.82, 2.24) is 9.88 Å². The van der Waals surface area contributed by atoms with E-state index < -0.39 is 0 Å². The highest BCUT2D eigenvalue weighted by molar-refractivity contribution is 5.94. The molecule has 4 nitrogen and oxygen atoms in total. The van der Waals surface area contributed by atoms with Gasteiger partial charge >= 0.3 is 0 Å². The average molecular weight is 235 g/mol. The van der Waals surface area contributed by atoms with E-state index >= 15 is 0 Å². The van der Waals surface area contributed by atoms with Crippen LogP contribution in [0.25, 0.3) is 0 Å². The first-order valence-corrected chi connectivity index (χ1v) is 6.03. The highest BCUT2D eigenvalue weighted by Gasteiger charge is 2.14. The first kappa shape index (κ1) is 13.5. The second-order valence-electron chi connectivity index (χ2n) is 4.37. The van der Waals surface area contributed by atoms with Crippen LogP contribution in [-0.2, 0) is 0 Å². The molecule has 0 aliphatic heterocycles. The summed E-state index contributed by atoms with van der Waals surface area (Å²) in [6.07, 6.45) is 2.70. The molecule has 1 aromatic heterocycles. The molecule has 0 aliphatic rings. The molecule has 0 aliphatic carbocycles. The molecule has 4 heteroatoms. The minimum absolute atomic E-state index is 0.0296. The molecule has 0 radical (unpaired) electrons. The van der Waals surface area contributed by atoms with Gasteiger partial charge in [0.1, 0.15) is 5.82 Å². The molecule has 17 heavy (non-hydrogen) atoms. The minimum Gasteiger partial charge on any atom is -0.370 e. The summed E-state index contributed by atoms with van der Waals surface area (Å²) in [6, 6.07) is 3.75. The van der Waals surface area contributed by atoms with Crippen molar-refractivity contribution in [2.75, 3.05) is 18.9 Å². The Morgan fingerprint density at radius 1 is 1.53 bits per heavy atom. The monoisotopic (exact) mass is 235 g/mol. The third-order valence-corrected chi connectivity index (χ3v) is 2.66. The van der Waals surface area contributed by atoms with E-state index in [9.17, 15) is 4.79 Å². The number of nitrogens with one attached hydrogen (secondary N) is 1. The Balaban J connectivity index is 2.80. The van der Waals surface area contributed by atoms with E-state index in [1.165, 1.54) is 0 Å². The van der Waals surface area contributed by atoms with Gasteiger partial charge in [0.15, 0.2) is 0 Å². The van der Waals surface area contributed by atoms with Crippen LogP contribution in [0.1, 0.15) is 37.6 Å². The van der Waals surface area contributed by atoms with Gasteiger partial charge in [-0.3, -0.25) is 4.79 Å². The average Bonchev–Trinajstić information content (AvgIpc) is 2.34. The van der Waals surface area contributed by atoms with Gasteiger partial charge in [0.05, 0.1) is 0 Å². The molecule has 1 heterocycles. The lowest BCUT2D eigenvalue weighted by atomic mass is 10.2. The van der Waals surface area contributed by atoms with Crippen molar-refractivity contribution in [2.24, 2.45) is 0 Å². The summed E-state index contributed by atoms with van der Waals surface area (Å²) in [5, 5.41) is 3.18. The van der Waals surface area contributed by atoms with Crippen LogP contribution in [0.2, 0.25) is 0 Å². The van der Waals surface area contributed by atoms with Crippen molar-refractivity contribution < 1.29 is 4.79 Å². The number of hydrogen-bond donors (Lipinski definition) is 1. The molecule has 0 saturated heterocycles. The molecule has 94 valence electrons. The molecule has 1 aromatic rings. The lowest BCUT2D eigenvalue weighted by Crippen LogP contribution is -2.33. The normalized spacial score (nSPS) is 10.4. The van der Waals surface area contributed by atoms with Crippen molar-refractivity contribution in [2.45, 2.75) is 33.2 Å². The summed E-state index contributed by atoms with van der Waals surface area (Å²) < 4.78 is 0. The Hall–Kier alpha value is -1.58. The van der Waals surface area contributed by atoms with E-state index in [1.54, 1.807) is 23.2 Å². The summed E-state index contributed by atoms with van der Waals surface area (Å²) in [5.74, 6) is 0.789. The van der Waals surface area contributed by atoms with Gasteiger partial charge in [0, 0.05) is 31.4 Å². The third-order valence-electron chi connectivity index (χ3n) is 2.66. The molecule has 0 atom stereocenters. The Labute approximate surface area is 103 Å². The number of rotatable bonds is 5. The maximum absolute atomic E-state index is 12.1. The predicted molar refractivity (Wildman–Crippen MR) is 70.2 cm³/mol. The van der Waals surface area contributed by atoms with Crippen molar-refractivity contribution in [3.63, 3.8) is 0 Å². The predicted octanol–water partition coefficient (Wildman–Crippen LogP) is 2.38. The van der Waals surface area contributed by atoms with E-state index in [0.717, 1.165) is 18.8 Å². The number of amides is 1. The molecule has 1 amide bonds. The Bertz CT molecular complexity index is 377. The fourth-order valence-corrected chi connectivity index (χ4v) is 1.35. The first-order chi connectivity index (χ1) is 8.06. The highest BCUT2D eigenvalue weighted by Crippen LogP contribution is 2.10. The molecule has 1 rings (SSSR count). The second-order valence-corrected chi connectivity index (χ2v) is 4.37. The van der Waals surface area contributed by atoms with Crippen LogP contribution in [0.4, 0.5) is 5.82 Å². The van der Waals surface area contributed by atoms with E-state index in [1.807, 2.05) is 20.9 Å². The quantitative estimate of drug-likeness (QED) is 0.852. The van der Waals surface area contributed by atoms with Gasteiger partial charge in [0.2, 0.25) is 0 Å². The summed E-state index contributed by atoms with van der Waals surface area (Å²) in [5.41, 5.74) is 0.676. The van der Waals surface area contributed by atoms with Crippen LogP contribution >= 0.6 is 0 Å². The van der Waals surface area contributed by atoms with Crippen LogP contribution in [0.3, 0.4) is 0 Å². The van der Waals surface area contributed by atoms with Gasteiger partial charge < -0.3 is 10.2 Å². The first-order valence-electron chi connectivity index (χ1n) is 6.03. The molecule has 0 fully saturated rings. The maximum atomic E-state index is 12.1. The van der Waals surface area contributed by atoms with Gasteiger partial charge in [0.25, 0.3) is 5.91 Å². The molecular weight excluding hydrogens is 214 g/mol. The van der Waals surface area contributed by atoms with Crippen LogP contribution in [0, 0.1) is 0 Å². The zero-order chi connectivity index (χ0) is 12.8. The zero-order valence-corrected chi connectivity index (χ0v) is 11.0.